The maximum absolute atomic E-state index is 11.7. The van der Waals surface area contributed by atoms with Gasteiger partial charge in [-0.25, -0.2) is 8.42 Å². The molecule has 1 saturated carbocycles. The molecule has 1 aliphatic heterocycles. The van der Waals surface area contributed by atoms with Crippen molar-refractivity contribution in [1.29, 1.82) is 0 Å². The Hall–Kier alpha value is -0.620. The van der Waals surface area contributed by atoms with E-state index in [4.69, 9.17) is 21.1 Å². The van der Waals surface area contributed by atoms with Crippen LogP contribution in [0.2, 0.25) is 5.02 Å². The molecular formula is C20H29ClO4S. The lowest BCUT2D eigenvalue weighted by atomic mass is 9.89. The van der Waals surface area contributed by atoms with Crippen LogP contribution in [-0.2, 0) is 19.3 Å². The van der Waals surface area contributed by atoms with Gasteiger partial charge >= 0.3 is 0 Å². The third kappa shape index (κ3) is 4.44. The summed E-state index contributed by atoms with van der Waals surface area (Å²) < 4.78 is 35.7. The largest absolute Gasteiger partial charge is 0.349 e. The molecule has 1 spiro atoms. The van der Waals surface area contributed by atoms with Crippen LogP contribution in [0.1, 0.15) is 57.9 Å². The van der Waals surface area contributed by atoms with E-state index in [9.17, 15) is 8.42 Å². The Kier molecular flexibility index (Phi) is 5.48. The Morgan fingerprint density at radius 3 is 2.50 bits per heavy atom. The van der Waals surface area contributed by atoms with E-state index in [1.54, 1.807) is 12.1 Å². The van der Waals surface area contributed by atoms with Gasteiger partial charge in [0.2, 0.25) is 0 Å². The smallest absolute Gasteiger partial charge is 0.176 e. The van der Waals surface area contributed by atoms with E-state index in [-0.39, 0.29) is 10.3 Å². The van der Waals surface area contributed by atoms with E-state index in [0.717, 1.165) is 44.5 Å². The first-order valence-electron chi connectivity index (χ1n) is 9.27. The fourth-order valence-corrected chi connectivity index (χ4v) is 5.37. The lowest BCUT2D eigenvalue weighted by molar-refractivity contribution is -0.296. The Morgan fingerprint density at radius 1 is 1.27 bits per heavy atom. The number of sulfone groups is 1. The number of benzene rings is 1. The molecule has 0 aromatic heterocycles. The minimum atomic E-state index is -3.29. The van der Waals surface area contributed by atoms with Crippen molar-refractivity contribution in [3.05, 3.63) is 28.8 Å². The summed E-state index contributed by atoms with van der Waals surface area (Å²) in [6.07, 6.45) is 5.18. The van der Waals surface area contributed by atoms with E-state index in [2.05, 4.69) is 20.8 Å². The van der Waals surface area contributed by atoms with Crippen LogP contribution < -0.4 is 0 Å². The highest BCUT2D eigenvalue weighted by molar-refractivity contribution is 7.90. The molecule has 0 radical (unpaired) electrons. The van der Waals surface area contributed by atoms with Crippen molar-refractivity contribution in [3.63, 3.8) is 0 Å². The molecule has 1 aromatic carbocycles. The van der Waals surface area contributed by atoms with Crippen molar-refractivity contribution in [2.45, 2.75) is 63.1 Å². The van der Waals surface area contributed by atoms with Gasteiger partial charge in [-0.05, 0) is 42.4 Å². The predicted octanol–water partition coefficient (Wildman–Crippen LogP) is 4.81. The molecule has 2 atom stereocenters. The quantitative estimate of drug-likeness (QED) is 0.727. The first-order chi connectivity index (χ1) is 12.0. The Bertz CT molecular complexity index is 762. The van der Waals surface area contributed by atoms with Crippen molar-refractivity contribution in [2.24, 2.45) is 11.3 Å². The average Bonchev–Trinajstić information content (AvgIpc) is 2.92. The molecule has 3 rings (SSSR count). The molecule has 6 heteroatoms. The molecule has 0 amide bonds. The Morgan fingerprint density at radius 2 is 1.92 bits per heavy atom. The second-order valence-electron chi connectivity index (χ2n) is 8.86. The van der Waals surface area contributed by atoms with Gasteiger partial charge in [-0.2, -0.15) is 0 Å². The number of rotatable bonds is 4. The molecule has 1 aliphatic carbocycles. The highest BCUT2D eigenvalue weighted by Gasteiger charge is 2.46. The minimum Gasteiger partial charge on any atom is -0.349 e. The molecule has 26 heavy (non-hydrogen) atoms. The van der Waals surface area contributed by atoms with Crippen LogP contribution in [0.3, 0.4) is 0 Å². The maximum atomic E-state index is 11.7. The topological polar surface area (TPSA) is 52.6 Å². The maximum Gasteiger partial charge on any atom is 0.176 e. The molecule has 1 saturated heterocycles. The predicted molar refractivity (Wildman–Crippen MR) is 103 cm³/mol. The summed E-state index contributed by atoms with van der Waals surface area (Å²) in [4.78, 5) is 0.196. The molecule has 0 N–H and O–H groups in total. The average molecular weight is 401 g/mol. The van der Waals surface area contributed by atoms with E-state index in [0.29, 0.717) is 16.9 Å². The summed E-state index contributed by atoms with van der Waals surface area (Å²) in [7, 11) is -3.29. The second kappa shape index (κ2) is 7.08. The summed E-state index contributed by atoms with van der Waals surface area (Å²) in [6, 6.07) is 5.30. The van der Waals surface area contributed by atoms with Gasteiger partial charge in [0.25, 0.3) is 0 Å². The molecule has 2 fully saturated rings. The van der Waals surface area contributed by atoms with Gasteiger partial charge in [0.1, 0.15) is 0 Å². The van der Waals surface area contributed by atoms with Gasteiger partial charge in [0.15, 0.2) is 15.6 Å². The van der Waals surface area contributed by atoms with E-state index in [1.807, 2.05) is 6.07 Å². The van der Waals surface area contributed by atoms with Gasteiger partial charge in [0, 0.05) is 24.5 Å². The fraction of sp³-hybridized carbons (Fsp3) is 0.700. The van der Waals surface area contributed by atoms with Crippen molar-refractivity contribution < 1.29 is 17.9 Å². The van der Waals surface area contributed by atoms with Gasteiger partial charge < -0.3 is 9.47 Å². The highest BCUT2D eigenvalue weighted by atomic mass is 35.5. The SMILES string of the molecule is CC(C[C@H]1CCC2(C1)OCC(C)(C)CO2)c1ccc(S(C)(=O)=O)c(Cl)c1. The zero-order valence-electron chi connectivity index (χ0n) is 16.0. The summed E-state index contributed by atoms with van der Waals surface area (Å²) in [6.45, 7) is 7.99. The fourth-order valence-electron chi connectivity index (χ4n) is 4.03. The Balaban J connectivity index is 1.63. The molecule has 4 nitrogen and oxygen atoms in total. The number of hydrogen-bond acceptors (Lipinski definition) is 4. The molecule has 146 valence electrons. The van der Waals surface area contributed by atoms with Crippen LogP contribution in [0, 0.1) is 11.3 Å². The standard InChI is InChI=1S/C20H29ClO4S/c1-14(16-5-6-18(17(21)10-16)26(4,22)23)9-15-7-8-20(11-15)24-12-19(2,3)13-25-20/h5-6,10,14-15H,7-9,11-13H2,1-4H3/t14?,15-/m1/s1. The van der Waals surface area contributed by atoms with E-state index < -0.39 is 15.6 Å². The van der Waals surface area contributed by atoms with Gasteiger partial charge in [0.05, 0.1) is 23.1 Å². The van der Waals surface area contributed by atoms with Crippen molar-refractivity contribution in [2.75, 3.05) is 19.5 Å². The zero-order chi connectivity index (χ0) is 19.2. The van der Waals surface area contributed by atoms with Crippen molar-refractivity contribution in [3.8, 4) is 0 Å². The van der Waals surface area contributed by atoms with Crippen LogP contribution in [0.4, 0.5) is 0 Å². The first-order valence-corrected chi connectivity index (χ1v) is 11.5. The van der Waals surface area contributed by atoms with Crippen LogP contribution in [0.15, 0.2) is 23.1 Å². The zero-order valence-corrected chi connectivity index (χ0v) is 17.6. The summed E-state index contributed by atoms with van der Waals surface area (Å²) >= 11 is 6.20. The summed E-state index contributed by atoms with van der Waals surface area (Å²) in [5.41, 5.74) is 1.17. The Labute approximate surface area is 162 Å². The third-order valence-electron chi connectivity index (χ3n) is 5.60. The number of halogens is 1. The molecule has 0 bridgehead atoms. The first kappa shape index (κ1) is 20.1. The number of hydrogen-bond donors (Lipinski definition) is 0. The monoisotopic (exact) mass is 400 g/mol. The van der Waals surface area contributed by atoms with Crippen molar-refractivity contribution >= 4 is 21.4 Å². The van der Waals surface area contributed by atoms with E-state index in [1.165, 1.54) is 6.26 Å². The lowest BCUT2D eigenvalue weighted by Gasteiger charge is -2.41. The van der Waals surface area contributed by atoms with Gasteiger partial charge in [-0.1, -0.05) is 38.4 Å². The molecule has 1 aromatic rings. The molecular weight excluding hydrogens is 372 g/mol. The van der Waals surface area contributed by atoms with Crippen LogP contribution >= 0.6 is 11.6 Å². The third-order valence-corrected chi connectivity index (χ3v) is 7.18. The second-order valence-corrected chi connectivity index (χ2v) is 11.3. The van der Waals surface area contributed by atoms with Gasteiger partial charge in [-0.3, -0.25) is 0 Å². The van der Waals surface area contributed by atoms with Crippen LogP contribution in [0.5, 0.6) is 0 Å². The van der Waals surface area contributed by atoms with Crippen LogP contribution in [0.25, 0.3) is 0 Å². The number of ether oxygens (including phenoxy) is 2. The summed E-state index contributed by atoms with van der Waals surface area (Å²) in [5, 5.41) is 0.306. The van der Waals surface area contributed by atoms with Gasteiger partial charge in [-0.15, -0.1) is 0 Å². The molecule has 1 heterocycles. The van der Waals surface area contributed by atoms with Crippen molar-refractivity contribution in [1.82, 2.24) is 0 Å². The summed E-state index contributed by atoms with van der Waals surface area (Å²) in [5.74, 6) is 0.457. The minimum absolute atomic E-state index is 0.0920. The van der Waals surface area contributed by atoms with Crippen LogP contribution in [-0.4, -0.2) is 33.7 Å². The molecule has 2 aliphatic rings. The lowest BCUT2D eigenvalue weighted by Crippen LogP contribution is -2.46. The highest BCUT2D eigenvalue weighted by Crippen LogP contribution is 2.46. The normalized spacial score (nSPS) is 26.1. The molecule has 1 unspecified atom stereocenters. The van der Waals surface area contributed by atoms with E-state index >= 15 is 0 Å².